The van der Waals surface area contributed by atoms with Crippen molar-refractivity contribution in [2.75, 3.05) is 12.4 Å². The van der Waals surface area contributed by atoms with Crippen LogP contribution in [0.5, 0.6) is 0 Å². The van der Waals surface area contributed by atoms with Crippen LogP contribution < -0.4 is 5.56 Å². The van der Waals surface area contributed by atoms with Gasteiger partial charge in [0.15, 0.2) is 5.16 Å². The van der Waals surface area contributed by atoms with Gasteiger partial charge in [0.25, 0.3) is 5.56 Å². The van der Waals surface area contributed by atoms with E-state index in [1.807, 2.05) is 28.8 Å². The molecule has 3 rings (SSSR count). The number of thioether (sulfide) groups is 1. The monoisotopic (exact) mass is 332 g/mol. The highest BCUT2D eigenvalue weighted by atomic mass is 32.2. The predicted molar refractivity (Wildman–Crippen MR) is 95.3 cm³/mol. The average molecular weight is 332 g/mol. The Labute approximate surface area is 141 Å². The molecule has 1 atom stereocenters. The molecule has 0 saturated carbocycles. The van der Waals surface area contributed by atoms with E-state index < -0.39 is 0 Å². The maximum Gasteiger partial charge on any atom is 0.262 e. The third kappa shape index (κ3) is 3.45. The molecule has 1 aliphatic heterocycles. The minimum absolute atomic E-state index is 0.0805. The zero-order chi connectivity index (χ0) is 16.4. The summed E-state index contributed by atoms with van der Waals surface area (Å²) in [5.41, 5.74) is 0.677. The van der Waals surface area contributed by atoms with E-state index in [1.54, 1.807) is 11.8 Å². The van der Waals surface area contributed by atoms with Gasteiger partial charge < -0.3 is 4.74 Å². The van der Waals surface area contributed by atoms with Crippen molar-refractivity contribution in [1.29, 1.82) is 0 Å². The number of nitrogens with zero attached hydrogens (tertiary/aromatic N) is 2. The first-order valence-corrected chi connectivity index (χ1v) is 9.28. The Hall–Kier alpha value is -1.33. The molecule has 0 bridgehead atoms. The molecule has 4 nitrogen and oxygen atoms in total. The van der Waals surface area contributed by atoms with Gasteiger partial charge in [-0.25, -0.2) is 4.98 Å². The zero-order valence-corrected chi connectivity index (χ0v) is 14.9. The minimum Gasteiger partial charge on any atom is -0.375 e. The molecule has 1 aromatic heterocycles. The summed E-state index contributed by atoms with van der Waals surface area (Å²) in [5, 5.41) is 1.55. The lowest BCUT2D eigenvalue weighted by molar-refractivity contribution is -0.0708. The summed E-state index contributed by atoms with van der Waals surface area (Å²) in [6.07, 6.45) is 2.77. The third-order valence-electron chi connectivity index (χ3n) is 4.25. The van der Waals surface area contributed by atoms with Crippen LogP contribution in [0.2, 0.25) is 0 Å². The second-order valence-corrected chi connectivity index (χ2v) is 7.75. The van der Waals surface area contributed by atoms with Crippen molar-refractivity contribution in [3.05, 3.63) is 34.6 Å². The fourth-order valence-electron chi connectivity index (χ4n) is 3.16. The van der Waals surface area contributed by atoms with E-state index in [0.717, 1.165) is 35.7 Å². The molecule has 1 fully saturated rings. The molecule has 0 N–H and O–H groups in total. The van der Waals surface area contributed by atoms with Gasteiger partial charge in [-0.2, -0.15) is 0 Å². The lowest BCUT2D eigenvalue weighted by atomic mass is 9.93. The predicted octanol–water partition coefficient (Wildman–Crippen LogP) is 4.03. The number of rotatable bonds is 4. The van der Waals surface area contributed by atoms with E-state index >= 15 is 0 Å². The number of hydrogen-bond acceptors (Lipinski definition) is 4. The van der Waals surface area contributed by atoms with Crippen LogP contribution in [0.15, 0.2) is 34.2 Å². The number of fused-ring (bicyclic) bond motifs is 1. The van der Waals surface area contributed by atoms with Crippen LogP contribution in [-0.2, 0) is 4.74 Å². The topological polar surface area (TPSA) is 44.1 Å². The largest absolute Gasteiger partial charge is 0.375 e. The number of para-hydroxylation sites is 1. The Morgan fingerprint density at radius 1 is 1.39 bits per heavy atom. The number of hydrogen-bond donors (Lipinski definition) is 0. The van der Waals surface area contributed by atoms with Crippen LogP contribution in [-0.4, -0.2) is 27.5 Å². The van der Waals surface area contributed by atoms with Gasteiger partial charge in [-0.3, -0.25) is 9.36 Å². The summed E-state index contributed by atoms with van der Waals surface area (Å²) in [6, 6.07) is 7.79. The molecule has 0 spiro atoms. The minimum atomic E-state index is -0.194. The van der Waals surface area contributed by atoms with E-state index in [1.165, 1.54) is 0 Å². The van der Waals surface area contributed by atoms with Crippen molar-refractivity contribution >= 4 is 22.7 Å². The Balaban J connectivity index is 2.12. The molecule has 2 heterocycles. The fraction of sp³-hybridized carbons (Fsp3) is 0.556. The van der Waals surface area contributed by atoms with E-state index in [9.17, 15) is 4.79 Å². The second kappa shape index (κ2) is 6.65. The summed E-state index contributed by atoms with van der Waals surface area (Å²) in [7, 11) is 0. The maximum atomic E-state index is 13.1. The van der Waals surface area contributed by atoms with Crippen molar-refractivity contribution in [2.45, 2.75) is 56.8 Å². The van der Waals surface area contributed by atoms with Gasteiger partial charge in [-0.05, 0) is 45.2 Å². The van der Waals surface area contributed by atoms with E-state index in [0.29, 0.717) is 12.0 Å². The maximum absolute atomic E-state index is 13.1. The third-order valence-corrected chi connectivity index (χ3v) is 5.41. The fourth-order valence-corrected chi connectivity index (χ4v) is 4.08. The summed E-state index contributed by atoms with van der Waals surface area (Å²) in [4.78, 5) is 17.9. The quantitative estimate of drug-likeness (QED) is 0.626. The van der Waals surface area contributed by atoms with E-state index in [-0.39, 0.29) is 17.2 Å². The summed E-state index contributed by atoms with van der Waals surface area (Å²) >= 11 is 1.68. The van der Waals surface area contributed by atoms with Crippen molar-refractivity contribution in [1.82, 2.24) is 9.55 Å². The zero-order valence-electron chi connectivity index (χ0n) is 14.0. The van der Waals surface area contributed by atoms with Gasteiger partial charge in [0.05, 0.1) is 16.5 Å². The molecule has 0 radical (unpaired) electrons. The van der Waals surface area contributed by atoms with Gasteiger partial charge in [-0.15, -0.1) is 0 Å². The standard InChI is InChI=1S/C18H24N2O2S/c1-4-11-23-17-19-15-8-6-5-7-14(15)16(21)20(17)13-9-10-22-18(2,3)12-13/h5-8,13H,4,9-12H2,1-3H3. The highest BCUT2D eigenvalue weighted by Gasteiger charge is 2.32. The van der Waals surface area contributed by atoms with Crippen LogP contribution in [0.1, 0.15) is 46.1 Å². The molecule has 0 amide bonds. The first kappa shape index (κ1) is 16.5. The molecule has 1 aromatic carbocycles. The Morgan fingerprint density at radius 2 is 2.17 bits per heavy atom. The summed E-state index contributed by atoms with van der Waals surface area (Å²) in [5.74, 6) is 0.970. The molecule has 1 unspecified atom stereocenters. The second-order valence-electron chi connectivity index (χ2n) is 6.69. The normalized spacial score (nSPS) is 20.7. The molecule has 5 heteroatoms. The highest BCUT2D eigenvalue weighted by molar-refractivity contribution is 7.99. The highest BCUT2D eigenvalue weighted by Crippen LogP contribution is 2.33. The first-order chi connectivity index (χ1) is 11.0. The number of ether oxygens (including phenoxy) is 1. The lowest BCUT2D eigenvalue weighted by Crippen LogP contribution is -2.39. The molecule has 2 aromatic rings. The van der Waals surface area contributed by atoms with Gasteiger partial charge >= 0.3 is 0 Å². The Morgan fingerprint density at radius 3 is 2.91 bits per heavy atom. The molecule has 23 heavy (non-hydrogen) atoms. The van der Waals surface area contributed by atoms with Gasteiger partial charge in [-0.1, -0.05) is 30.8 Å². The molecular weight excluding hydrogens is 308 g/mol. The van der Waals surface area contributed by atoms with Crippen LogP contribution in [0.25, 0.3) is 10.9 Å². The van der Waals surface area contributed by atoms with Crippen LogP contribution in [0.4, 0.5) is 0 Å². The van der Waals surface area contributed by atoms with Crippen molar-refractivity contribution in [3.8, 4) is 0 Å². The van der Waals surface area contributed by atoms with Crippen molar-refractivity contribution in [2.24, 2.45) is 0 Å². The Bertz CT molecular complexity index is 754. The van der Waals surface area contributed by atoms with Crippen LogP contribution in [0.3, 0.4) is 0 Å². The molecular formula is C18H24N2O2S. The molecule has 1 aliphatic rings. The van der Waals surface area contributed by atoms with E-state index in [4.69, 9.17) is 9.72 Å². The molecule has 1 saturated heterocycles. The smallest absolute Gasteiger partial charge is 0.262 e. The number of aromatic nitrogens is 2. The van der Waals surface area contributed by atoms with E-state index in [2.05, 4.69) is 20.8 Å². The molecule has 124 valence electrons. The average Bonchev–Trinajstić information content (AvgIpc) is 2.52. The summed E-state index contributed by atoms with van der Waals surface area (Å²) in [6.45, 7) is 7.03. The number of benzene rings is 1. The lowest BCUT2D eigenvalue weighted by Gasteiger charge is -2.36. The first-order valence-electron chi connectivity index (χ1n) is 8.30. The Kier molecular flexibility index (Phi) is 4.78. The SMILES string of the molecule is CCCSc1nc2ccccc2c(=O)n1C1CCOC(C)(C)C1. The van der Waals surface area contributed by atoms with Gasteiger partial charge in [0.1, 0.15) is 0 Å². The summed E-state index contributed by atoms with van der Waals surface area (Å²) < 4.78 is 7.75. The molecule has 0 aliphatic carbocycles. The van der Waals surface area contributed by atoms with Crippen molar-refractivity contribution < 1.29 is 4.74 Å². The van der Waals surface area contributed by atoms with Gasteiger partial charge in [0.2, 0.25) is 0 Å². The van der Waals surface area contributed by atoms with Gasteiger partial charge in [0, 0.05) is 18.4 Å². The van der Waals surface area contributed by atoms with Crippen molar-refractivity contribution in [3.63, 3.8) is 0 Å². The van der Waals surface area contributed by atoms with Crippen LogP contribution >= 0.6 is 11.8 Å². The van der Waals surface area contributed by atoms with Crippen LogP contribution in [0, 0.1) is 0 Å².